The van der Waals surface area contributed by atoms with Gasteiger partial charge in [0.25, 0.3) is 0 Å². The van der Waals surface area contributed by atoms with Gasteiger partial charge in [-0.2, -0.15) is 0 Å². The van der Waals surface area contributed by atoms with E-state index >= 15 is 0 Å². The van der Waals surface area contributed by atoms with E-state index in [1.807, 2.05) is 24.3 Å². The Morgan fingerprint density at radius 2 is 1.72 bits per heavy atom. The molecular formula is C24H23NO4. The van der Waals surface area contributed by atoms with Gasteiger partial charge in [-0.1, -0.05) is 43.3 Å². The number of aromatic hydroxyl groups is 1. The summed E-state index contributed by atoms with van der Waals surface area (Å²) in [6.45, 7) is 2.50. The van der Waals surface area contributed by atoms with Crippen LogP contribution in [0.4, 0.5) is 5.69 Å². The molecule has 0 amide bonds. The molecule has 3 atom stereocenters. The fourth-order valence-corrected chi connectivity index (χ4v) is 4.53. The molecule has 3 aromatic rings. The van der Waals surface area contributed by atoms with Crippen LogP contribution in [-0.4, -0.2) is 19.0 Å². The van der Waals surface area contributed by atoms with Gasteiger partial charge in [-0.3, -0.25) is 0 Å². The molecule has 2 heterocycles. The fraction of sp³-hybridized carbons (Fsp3) is 0.250. The highest BCUT2D eigenvalue weighted by Crippen LogP contribution is 2.51. The predicted molar refractivity (Wildman–Crippen MR) is 111 cm³/mol. The zero-order chi connectivity index (χ0) is 20.0. The average molecular weight is 389 g/mol. The van der Waals surface area contributed by atoms with Crippen LogP contribution in [-0.2, 0) is 0 Å². The van der Waals surface area contributed by atoms with Crippen molar-refractivity contribution >= 4 is 5.69 Å². The van der Waals surface area contributed by atoms with Gasteiger partial charge in [0.15, 0.2) is 23.0 Å². The van der Waals surface area contributed by atoms with Crippen LogP contribution in [0.2, 0.25) is 0 Å². The number of hydrogen-bond acceptors (Lipinski definition) is 5. The molecule has 0 aliphatic carbocycles. The number of methoxy groups -OCH3 is 1. The Kier molecular flexibility index (Phi) is 4.23. The van der Waals surface area contributed by atoms with E-state index in [9.17, 15) is 5.11 Å². The Balaban J connectivity index is 1.67. The number of phenols is 1. The molecule has 0 fully saturated rings. The van der Waals surface area contributed by atoms with Crippen LogP contribution >= 0.6 is 0 Å². The lowest BCUT2D eigenvalue weighted by atomic mass is 9.73. The maximum Gasteiger partial charge on any atom is 0.231 e. The van der Waals surface area contributed by atoms with Crippen LogP contribution in [0.3, 0.4) is 0 Å². The zero-order valence-corrected chi connectivity index (χ0v) is 16.4. The molecule has 0 spiro atoms. The highest BCUT2D eigenvalue weighted by atomic mass is 16.7. The minimum absolute atomic E-state index is 0.0976. The van der Waals surface area contributed by atoms with E-state index in [1.54, 1.807) is 13.2 Å². The third kappa shape index (κ3) is 2.94. The molecule has 2 aliphatic rings. The number of rotatable bonds is 3. The number of fused-ring (bicyclic) bond motifs is 2. The summed E-state index contributed by atoms with van der Waals surface area (Å²) in [6.07, 6.45) is 0. The first-order valence-corrected chi connectivity index (χ1v) is 9.77. The van der Waals surface area contributed by atoms with E-state index in [-0.39, 0.29) is 30.4 Å². The van der Waals surface area contributed by atoms with E-state index in [0.717, 1.165) is 28.3 Å². The molecule has 29 heavy (non-hydrogen) atoms. The topological polar surface area (TPSA) is 60.0 Å². The van der Waals surface area contributed by atoms with Crippen molar-refractivity contribution in [1.82, 2.24) is 0 Å². The first kappa shape index (κ1) is 17.7. The average Bonchev–Trinajstić information content (AvgIpc) is 3.20. The lowest BCUT2D eigenvalue weighted by molar-refractivity contribution is 0.174. The van der Waals surface area contributed by atoms with Crippen molar-refractivity contribution in [3.63, 3.8) is 0 Å². The summed E-state index contributed by atoms with van der Waals surface area (Å²) in [7, 11) is 1.57. The Hall–Kier alpha value is -3.34. The third-order valence-corrected chi connectivity index (χ3v) is 5.96. The van der Waals surface area contributed by atoms with E-state index < -0.39 is 0 Å². The van der Waals surface area contributed by atoms with Crippen molar-refractivity contribution in [1.29, 1.82) is 0 Å². The first-order valence-electron chi connectivity index (χ1n) is 9.77. The third-order valence-electron chi connectivity index (χ3n) is 5.96. The molecule has 3 aromatic carbocycles. The van der Waals surface area contributed by atoms with Crippen molar-refractivity contribution in [2.45, 2.75) is 18.9 Å². The number of phenolic OH excluding ortho intramolecular Hbond substituents is 1. The predicted octanol–water partition coefficient (Wildman–Crippen LogP) is 5.06. The van der Waals surface area contributed by atoms with Crippen molar-refractivity contribution in [3.8, 4) is 23.0 Å². The van der Waals surface area contributed by atoms with E-state index in [1.165, 1.54) is 5.56 Å². The number of benzene rings is 3. The van der Waals surface area contributed by atoms with Gasteiger partial charge in [-0.25, -0.2) is 0 Å². The second-order valence-corrected chi connectivity index (χ2v) is 7.59. The minimum Gasteiger partial charge on any atom is -0.504 e. The highest BCUT2D eigenvalue weighted by Gasteiger charge is 2.37. The molecule has 5 rings (SSSR count). The summed E-state index contributed by atoms with van der Waals surface area (Å²) in [6, 6.07) is 20.3. The standard InChI is InChI=1S/C24H23NO4/c1-14-23(16-8-9-19(26)20(10-16)27-2)17-11-21-22(29-13-28-21)12-18(17)25-24(14)15-6-4-3-5-7-15/h3-12,14,23-26H,13H2,1-2H3/t14-,23+,24-/m0/s1. The number of ether oxygens (including phenoxy) is 3. The lowest BCUT2D eigenvalue weighted by Gasteiger charge is -2.40. The second-order valence-electron chi connectivity index (χ2n) is 7.59. The Morgan fingerprint density at radius 1 is 0.966 bits per heavy atom. The minimum atomic E-state index is 0.0976. The Bertz CT molecular complexity index is 1050. The van der Waals surface area contributed by atoms with Gasteiger partial charge in [-0.15, -0.1) is 0 Å². The lowest BCUT2D eigenvalue weighted by Crippen LogP contribution is -2.30. The van der Waals surface area contributed by atoms with Crippen LogP contribution in [0.15, 0.2) is 60.7 Å². The van der Waals surface area contributed by atoms with E-state index in [4.69, 9.17) is 14.2 Å². The summed E-state index contributed by atoms with van der Waals surface area (Å²) < 4.78 is 16.6. The van der Waals surface area contributed by atoms with Crippen molar-refractivity contribution in [2.75, 3.05) is 19.2 Å². The molecule has 0 radical (unpaired) electrons. The van der Waals surface area contributed by atoms with E-state index in [2.05, 4.69) is 42.6 Å². The molecule has 2 aliphatic heterocycles. The van der Waals surface area contributed by atoms with Crippen molar-refractivity contribution in [3.05, 3.63) is 77.4 Å². The van der Waals surface area contributed by atoms with Gasteiger partial charge in [0, 0.05) is 17.7 Å². The van der Waals surface area contributed by atoms with Crippen LogP contribution in [0, 0.1) is 5.92 Å². The van der Waals surface area contributed by atoms with Crippen LogP contribution in [0.25, 0.3) is 0 Å². The number of nitrogens with one attached hydrogen (secondary N) is 1. The number of hydrogen-bond donors (Lipinski definition) is 2. The second kappa shape index (κ2) is 6.92. The summed E-state index contributed by atoms with van der Waals surface area (Å²) in [5, 5.41) is 13.8. The molecule has 0 saturated carbocycles. The van der Waals surface area contributed by atoms with E-state index in [0.29, 0.717) is 5.75 Å². The quantitative estimate of drug-likeness (QED) is 0.655. The molecule has 0 aromatic heterocycles. The summed E-state index contributed by atoms with van der Waals surface area (Å²) in [5.41, 5.74) is 4.52. The van der Waals surface area contributed by atoms with Gasteiger partial charge in [-0.05, 0) is 40.8 Å². The monoisotopic (exact) mass is 389 g/mol. The smallest absolute Gasteiger partial charge is 0.231 e. The SMILES string of the molecule is COc1cc([C@@H]2c3cc4c(cc3N[C@H](c3ccccc3)[C@H]2C)OCO4)ccc1O. The van der Waals surface area contributed by atoms with Gasteiger partial charge >= 0.3 is 0 Å². The molecule has 5 heteroatoms. The van der Waals surface area contributed by atoms with Crippen LogP contribution in [0.5, 0.6) is 23.0 Å². The molecule has 2 N–H and O–H groups in total. The fourth-order valence-electron chi connectivity index (χ4n) is 4.53. The van der Waals surface area contributed by atoms with Gasteiger partial charge in [0.05, 0.1) is 13.2 Å². The van der Waals surface area contributed by atoms with Crippen LogP contribution < -0.4 is 19.5 Å². The first-order chi connectivity index (χ1) is 14.2. The van der Waals surface area contributed by atoms with Gasteiger partial charge < -0.3 is 24.6 Å². The Labute approximate surface area is 169 Å². The zero-order valence-electron chi connectivity index (χ0n) is 16.4. The molecule has 0 saturated heterocycles. The highest BCUT2D eigenvalue weighted by molar-refractivity contribution is 5.67. The molecular weight excluding hydrogens is 366 g/mol. The van der Waals surface area contributed by atoms with Crippen molar-refractivity contribution < 1.29 is 19.3 Å². The Morgan fingerprint density at radius 3 is 2.48 bits per heavy atom. The molecule has 0 unspecified atom stereocenters. The summed E-state index contributed by atoms with van der Waals surface area (Å²) in [4.78, 5) is 0. The molecule has 0 bridgehead atoms. The number of anilines is 1. The molecule has 5 nitrogen and oxygen atoms in total. The summed E-state index contributed by atoms with van der Waals surface area (Å²) >= 11 is 0. The van der Waals surface area contributed by atoms with Crippen molar-refractivity contribution in [2.24, 2.45) is 5.92 Å². The maximum absolute atomic E-state index is 10.1. The normalized spacial score (nSPS) is 21.9. The van der Waals surface area contributed by atoms with Crippen LogP contribution in [0.1, 0.15) is 35.6 Å². The van der Waals surface area contributed by atoms with Gasteiger partial charge in [0.1, 0.15) is 0 Å². The maximum atomic E-state index is 10.1. The van der Waals surface area contributed by atoms with Gasteiger partial charge in [0.2, 0.25) is 6.79 Å². The molecule has 148 valence electrons. The summed E-state index contributed by atoms with van der Waals surface area (Å²) in [5.74, 6) is 2.50. The largest absolute Gasteiger partial charge is 0.504 e.